The second kappa shape index (κ2) is 45.6. The fraction of sp³-hybridized carbons (Fsp3) is 0.750. The summed E-state index contributed by atoms with van der Waals surface area (Å²) in [6.07, 6.45) is 7.17. The molecule has 4 heteroatoms. The van der Waals surface area contributed by atoms with Crippen LogP contribution in [0, 0.1) is 7.43 Å². The SMILES string of the molecule is CCC[N-]CCC.CCC[N-]CCC.CCC[N-]CCC.[CH3-].[Ti+3].c1cc[cH-]c1. The van der Waals surface area contributed by atoms with Gasteiger partial charge in [-0.3, -0.25) is 0 Å². The van der Waals surface area contributed by atoms with E-state index in [1.165, 1.54) is 38.5 Å². The molecule has 0 atom stereocenters. The Bertz CT molecular complexity index is 214. The van der Waals surface area contributed by atoms with Gasteiger partial charge < -0.3 is 23.4 Å². The van der Waals surface area contributed by atoms with Gasteiger partial charge in [0.05, 0.1) is 0 Å². The first-order valence-corrected chi connectivity index (χ1v) is 10.8. The van der Waals surface area contributed by atoms with Crippen LogP contribution in [-0.2, 0) is 21.7 Å². The second-order valence-electron chi connectivity index (χ2n) is 5.97. The van der Waals surface area contributed by atoms with Crippen LogP contribution in [0.1, 0.15) is 80.1 Å². The van der Waals surface area contributed by atoms with Crippen molar-refractivity contribution in [1.29, 1.82) is 0 Å². The molecule has 0 aliphatic heterocycles. The van der Waals surface area contributed by atoms with Gasteiger partial charge in [-0.15, -0.1) is 39.3 Å². The van der Waals surface area contributed by atoms with Gasteiger partial charge in [-0.2, -0.15) is 18.2 Å². The third kappa shape index (κ3) is 56.2. The Morgan fingerprint density at radius 3 is 0.821 bits per heavy atom. The first-order valence-electron chi connectivity index (χ1n) is 10.8. The molecule has 0 aliphatic rings. The van der Waals surface area contributed by atoms with Gasteiger partial charge in [0.1, 0.15) is 0 Å². The first kappa shape index (κ1) is 38.5. The minimum absolute atomic E-state index is 0. The molecule has 1 rings (SSSR count). The number of hydrogen-bond acceptors (Lipinski definition) is 0. The second-order valence-corrected chi connectivity index (χ2v) is 5.97. The standard InChI is InChI=1S/3C6H14N.C5H5.CH3.Ti/c3*1-3-5-7-6-4-2;1-2-4-5-3-1;;/h3*3-6H2,1-2H3;1-5H;1H3;/q5*-1;+3. The zero-order chi connectivity index (χ0) is 20.1. The van der Waals surface area contributed by atoms with Crippen LogP contribution in [0.4, 0.5) is 0 Å². The predicted molar refractivity (Wildman–Crippen MR) is 129 cm³/mol. The van der Waals surface area contributed by atoms with Crippen molar-refractivity contribution in [3.05, 3.63) is 53.7 Å². The van der Waals surface area contributed by atoms with Gasteiger partial charge in [0.25, 0.3) is 0 Å². The van der Waals surface area contributed by atoms with Gasteiger partial charge in [0, 0.05) is 0 Å². The Morgan fingerprint density at radius 1 is 0.500 bits per heavy atom. The maximum atomic E-state index is 4.21. The molecule has 0 aromatic heterocycles. The first-order chi connectivity index (χ1) is 12.7. The van der Waals surface area contributed by atoms with Crippen LogP contribution in [0.3, 0.4) is 0 Å². The van der Waals surface area contributed by atoms with Crippen molar-refractivity contribution < 1.29 is 21.7 Å². The van der Waals surface area contributed by atoms with Crippen LogP contribution in [0.25, 0.3) is 16.0 Å². The molecule has 0 saturated carbocycles. The van der Waals surface area contributed by atoms with Crippen molar-refractivity contribution >= 4 is 0 Å². The molecule has 0 fully saturated rings. The monoisotopic (exact) mass is 428 g/mol. The normalized spacial score (nSPS) is 8.50. The summed E-state index contributed by atoms with van der Waals surface area (Å²) in [7, 11) is 0. The van der Waals surface area contributed by atoms with E-state index < -0.39 is 0 Å². The minimum Gasteiger partial charge on any atom is -0.662 e. The summed E-state index contributed by atoms with van der Waals surface area (Å²) in [5, 5.41) is 12.6. The fourth-order valence-corrected chi connectivity index (χ4v) is 1.60. The van der Waals surface area contributed by atoms with E-state index in [1.807, 2.05) is 30.3 Å². The van der Waals surface area contributed by atoms with E-state index in [4.69, 9.17) is 0 Å². The molecule has 0 N–H and O–H groups in total. The summed E-state index contributed by atoms with van der Waals surface area (Å²) in [5.41, 5.74) is 0. The van der Waals surface area contributed by atoms with Crippen LogP contribution in [0.2, 0.25) is 0 Å². The molecular formula is C24H50N3Ti-2. The smallest absolute Gasteiger partial charge is 0.662 e. The third-order valence-electron chi connectivity index (χ3n) is 2.85. The van der Waals surface area contributed by atoms with E-state index in [0.29, 0.717) is 0 Å². The molecular weight excluding hydrogens is 378 g/mol. The van der Waals surface area contributed by atoms with Crippen LogP contribution in [0.15, 0.2) is 30.3 Å². The number of rotatable bonds is 12. The quantitative estimate of drug-likeness (QED) is 0.182. The Morgan fingerprint density at radius 2 is 0.714 bits per heavy atom. The van der Waals surface area contributed by atoms with Crippen molar-refractivity contribution in [3.63, 3.8) is 0 Å². The van der Waals surface area contributed by atoms with Gasteiger partial charge in [0.2, 0.25) is 0 Å². The maximum absolute atomic E-state index is 4.21. The number of nitrogens with zero attached hydrogens (tertiary/aromatic N) is 3. The van der Waals surface area contributed by atoms with E-state index >= 15 is 0 Å². The predicted octanol–water partition coefficient (Wildman–Crippen LogP) is 8.39. The van der Waals surface area contributed by atoms with E-state index in [2.05, 4.69) is 57.5 Å². The van der Waals surface area contributed by atoms with E-state index in [0.717, 1.165) is 39.3 Å². The molecule has 1 aromatic rings. The topological polar surface area (TPSA) is 42.3 Å². The van der Waals surface area contributed by atoms with Gasteiger partial charge in [-0.25, -0.2) is 12.1 Å². The summed E-state index contributed by atoms with van der Waals surface area (Å²) >= 11 is 0. The fourth-order valence-electron chi connectivity index (χ4n) is 1.60. The molecule has 0 unspecified atom stereocenters. The number of hydrogen-bond donors (Lipinski definition) is 0. The molecule has 0 saturated heterocycles. The van der Waals surface area contributed by atoms with Crippen molar-refractivity contribution in [1.82, 2.24) is 0 Å². The van der Waals surface area contributed by atoms with Crippen LogP contribution < -0.4 is 0 Å². The molecule has 0 heterocycles. The summed E-state index contributed by atoms with van der Waals surface area (Å²) in [6, 6.07) is 10.0. The van der Waals surface area contributed by atoms with Gasteiger partial charge >= 0.3 is 21.7 Å². The molecule has 1 aromatic carbocycles. The molecule has 0 aliphatic carbocycles. The van der Waals surface area contributed by atoms with Crippen LogP contribution in [-0.4, -0.2) is 39.3 Å². The van der Waals surface area contributed by atoms with Crippen molar-refractivity contribution in [2.45, 2.75) is 80.1 Å². The molecule has 1 radical (unpaired) electrons. The molecule has 0 spiro atoms. The van der Waals surface area contributed by atoms with Crippen molar-refractivity contribution in [2.24, 2.45) is 0 Å². The van der Waals surface area contributed by atoms with Gasteiger partial charge in [-0.1, -0.05) is 80.1 Å². The van der Waals surface area contributed by atoms with Crippen molar-refractivity contribution in [3.8, 4) is 0 Å². The van der Waals surface area contributed by atoms with E-state index in [-0.39, 0.29) is 29.1 Å². The van der Waals surface area contributed by atoms with Gasteiger partial charge in [-0.05, 0) is 0 Å². The summed E-state index contributed by atoms with van der Waals surface area (Å²) < 4.78 is 0. The van der Waals surface area contributed by atoms with Crippen molar-refractivity contribution in [2.75, 3.05) is 39.3 Å². The summed E-state index contributed by atoms with van der Waals surface area (Å²) in [4.78, 5) is 0. The molecule has 0 amide bonds. The zero-order valence-electron chi connectivity index (χ0n) is 20.2. The summed E-state index contributed by atoms with van der Waals surface area (Å²) in [6.45, 7) is 19.2. The Kier molecular flexibility index (Phi) is 62.8. The zero-order valence-corrected chi connectivity index (χ0v) is 21.8. The Balaban J connectivity index is -0.0000000824. The molecule has 3 nitrogen and oxygen atoms in total. The molecule has 0 bridgehead atoms. The average Bonchev–Trinajstić information content (AvgIpc) is 3.24. The Labute approximate surface area is 194 Å². The third-order valence-corrected chi connectivity index (χ3v) is 2.85. The Hall–Kier alpha value is -0.0557. The largest absolute Gasteiger partial charge is 3.00 e. The summed E-state index contributed by atoms with van der Waals surface area (Å²) in [5.74, 6) is 0. The molecule has 167 valence electrons. The molecule has 28 heavy (non-hydrogen) atoms. The average molecular weight is 429 g/mol. The van der Waals surface area contributed by atoms with E-state index in [1.54, 1.807) is 0 Å². The maximum Gasteiger partial charge on any atom is 3.00 e. The van der Waals surface area contributed by atoms with Crippen LogP contribution in [0.5, 0.6) is 0 Å². The van der Waals surface area contributed by atoms with E-state index in [9.17, 15) is 0 Å². The minimum atomic E-state index is 0. The van der Waals surface area contributed by atoms with Crippen LogP contribution >= 0.6 is 0 Å². The van der Waals surface area contributed by atoms with Gasteiger partial charge in [0.15, 0.2) is 0 Å².